The summed E-state index contributed by atoms with van der Waals surface area (Å²) in [4.78, 5) is 34.6. The van der Waals surface area contributed by atoms with E-state index in [1.807, 2.05) is 30.3 Å². The number of anilines is 1. The molecule has 1 aliphatic rings. The number of aromatic nitrogens is 4. The molecule has 0 radical (unpaired) electrons. The highest BCUT2D eigenvalue weighted by atomic mass is 16.6. The third-order valence-corrected chi connectivity index (χ3v) is 5.13. The first-order valence-corrected chi connectivity index (χ1v) is 9.36. The number of aliphatic hydroxyl groups is 1. The van der Waals surface area contributed by atoms with Crippen molar-refractivity contribution in [2.45, 2.75) is 30.7 Å². The highest BCUT2D eigenvalue weighted by molar-refractivity contribution is 5.86. The normalized spacial score (nSPS) is 21.5. The second-order valence-electron chi connectivity index (χ2n) is 7.24. The summed E-state index contributed by atoms with van der Waals surface area (Å²) >= 11 is 0. The van der Waals surface area contributed by atoms with Gasteiger partial charge in [0.05, 0.1) is 12.9 Å². The molecule has 2 aromatic heterocycles. The molecule has 11 nitrogen and oxygen atoms in total. The fourth-order valence-electron chi connectivity index (χ4n) is 3.31. The number of hydrogen-bond acceptors (Lipinski definition) is 9. The number of imidazole rings is 1. The first-order valence-electron chi connectivity index (χ1n) is 9.36. The zero-order valence-corrected chi connectivity index (χ0v) is 16.0. The summed E-state index contributed by atoms with van der Waals surface area (Å²) in [6.07, 6.45) is 1.09. The lowest BCUT2D eigenvalue weighted by Crippen LogP contribution is -2.39. The SMILES string of the molecule is Nc1nc2c(ncn2COC(CO)COC(=O)C2(N)CC2c2ccccc2)c(=O)[nH]1. The smallest absolute Gasteiger partial charge is 0.326 e. The molecule has 1 aliphatic carbocycles. The first kappa shape index (κ1) is 20.0. The van der Waals surface area contributed by atoms with Crippen LogP contribution in [-0.2, 0) is 21.0 Å². The Labute approximate surface area is 170 Å². The average molecular weight is 414 g/mol. The largest absolute Gasteiger partial charge is 0.461 e. The Balaban J connectivity index is 1.34. The van der Waals surface area contributed by atoms with Gasteiger partial charge in [0.1, 0.15) is 25.0 Å². The Morgan fingerprint density at radius 3 is 2.90 bits per heavy atom. The van der Waals surface area contributed by atoms with Crippen molar-refractivity contribution >= 4 is 23.1 Å². The topological polar surface area (TPSA) is 171 Å². The molecule has 0 bridgehead atoms. The maximum absolute atomic E-state index is 12.5. The van der Waals surface area contributed by atoms with Crippen LogP contribution in [0.1, 0.15) is 17.9 Å². The molecule has 30 heavy (non-hydrogen) atoms. The van der Waals surface area contributed by atoms with E-state index in [9.17, 15) is 14.7 Å². The third-order valence-electron chi connectivity index (χ3n) is 5.13. The maximum Gasteiger partial charge on any atom is 0.326 e. The molecule has 0 amide bonds. The van der Waals surface area contributed by atoms with Gasteiger partial charge in [0.25, 0.3) is 5.56 Å². The van der Waals surface area contributed by atoms with Crippen LogP contribution in [0, 0.1) is 0 Å². The summed E-state index contributed by atoms with van der Waals surface area (Å²) in [6.45, 7) is -0.621. The highest BCUT2D eigenvalue weighted by Crippen LogP contribution is 2.50. The minimum absolute atomic E-state index is 0.0486. The number of rotatable bonds is 8. The van der Waals surface area contributed by atoms with E-state index in [0.29, 0.717) is 6.42 Å². The first-order chi connectivity index (χ1) is 14.4. The molecule has 11 heteroatoms. The molecule has 3 unspecified atom stereocenters. The maximum atomic E-state index is 12.5. The van der Waals surface area contributed by atoms with Crippen molar-refractivity contribution in [1.29, 1.82) is 0 Å². The number of carbonyl (C=O) groups is 1. The Bertz CT molecular complexity index is 1110. The zero-order chi connectivity index (χ0) is 21.3. The average Bonchev–Trinajstić information content (AvgIpc) is 3.28. The van der Waals surface area contributed by atoms with Crippen LogP contribution in [0.5, 0.6) is 0 Å². The Hall–Kier alpha value is -3.28. The molecule has 4 rings (SSSR count). The number of hydrogen-bond donors (Lipinski definition) is 4. The van der Waals surface area contributed by atoms with Gasteiger partial charge in [-0.05, 0) is 12.0 Å². The van der Waals surface area contributed by atoms with E-state index in [0.717, 1.165) is 5.56 Å². The number of esters is 1. The van der Waals surface area contributed by atoms with Crippen molar-refractivity contribution in [3.05, 3.63) is 52.6 Å². The van der Waals surface area contributed by atoms with Crippen LogP contribution >= 0.6 is 0 Å². The third kappa shape index (κ3) is 3.77. The number of aromatic amines is 1. The number of ether oxygens (including phenoxy) is 2. The van der Waals surface area contributed by atoms with Gasteiger partial charge >= 0.3 is 5.97 Å². The molecule has 1 fully saturated rings. The van der Waals surface area contributed by atoms with E-state index in [1.54, 1.807) is 0 Å². The van der Waals surface area contributed by atoms with Crippen molar-refractivity contribution in [3.63, 3.8) is 0 Å². The number of H-pyrrole nitrogens is 1. The molecule has 6 N–H and O–H groups in total. The lowest BCUT2D eigenvalue weighted by Gasteiger charge is -2.18. The molecule has 3 atom stereocenters. The lowest BCUT2D eigenvalue weighted by molar-refractivity contribution is -0.153. The van der Waals surface area contributed by atoms with Gasteiger partial charge in [0.15, 0.2) is 11.2 Å². The molecule has 1 saturated carbocycles. The molecular formula is C19H22N6O5. The second kappa shape index (κ2) is 7.86. The Morgan fingerprint density at radius 1 is 1.40 bits per heavy atom. The second-order valence-corrected chi connectivity index (χ2v) is 7.24. The van der Waals surface area contributed by atoms with Gasteiger partial charge in [-0.15, -0.1) is 0 Å². The molecule has 0 aliphatic heterocycles. The van der Waals surface area contributed by atoms with Crippen LogP contribution in [0.4, 0.5) is 5.95 Å². The van der Waals surface area contributed by atoms with E-state index < -0.39 is 23.2 Å². The lowest BCUT2D eigenvalue weighted by atomic mass is 10.1. The number of nitrogens with zero attached hydrogens (tertiary/aromatic N) is 3. The Morgan fingerprint density at radius 2 is 2.17 bits per heavy atom. The number of fused-ring (bicyclic) bond motifs is 1. The zero-order valence-electron chi connectivity index (χ0n) is 16.0. The number of aliphatic hydroxyl groups excluding tert-OH is 1. The van der Waals surface area contributed by atoms with Crippen molar-refractivity contribution in [2.24, 2.45) is 5.73 Å². The number of nitrogen functional groups attached to an aromatic ring is 1. The predicted molar refractivity (Wildman–Crippen MR) is 106 cm³/mol. The minimum Gasteiger partial charge on any atom is -0.461 e. The van der Waals surface area contributed by atoms with E-state index in [-0.39, 0.29) is 43.0 Å². The monoisotopic (exact) mass is 414 g/mol. The highest BCUT2D eigenvalue weighted by Gasteiger charge is 2.59. The summed E-state index contributed by atoms with van der Waals surface area (Å²) in [7, 11) is 0. The standard InChI is InChI=1S/C19H22N6O5/c20-18-23-15-14(16(27)24-18)22-9-25(15)10-30-12(7-26)8-29-17(28)19(21)6-13(19)11-4-2-1-3-5-11/h1-5,9,12-13,26H,6-8,10,21H2,(H3,20,23,24,27). The van der Waals surface area contributed by atoms with Crippen molar-refractivity contribution < 1.29 is 19.4 Å². The summed E-state index contributed by atoms with van der Waals surface area (Å²) in [5.41, 5.74) is 11.6. The van der Waals surface area contributed by atoms with Crippen LogP contribution < -0.4 is 17.0 Å². The number of benzene rings is 1. The molecule has 158 valence electrons. The predicted octanol–water partition coefficient (Wildman–Crippen LogP) is -0.535. The van der Waals surface area contributed by atoms with Gasteiger partial charge in [-0.1, -0.05) is 30.3 Å². The van der Waals surface area contributed by atoms with Gasteiger partial charge in [-0.2, -0.15) is 4.98 Å². The molecule has 2 heterocycles. The van der Waals surface area contributed by atoms with Crippen LogP contribution in [-0.4, -0.2) is 55.5 Å². The summed E-state index contributed by atoms with van der Waals surface area (Å²) < 4.78 is 12.3. The summed E-state index contributed by atoms with van der Waals surface area (Å²) in [5.74, 6) is -0.674. The van der Waals surface area contributed by atoms with Gasteiger partial charge in [0.2, 0.25) is 5.95 Å². The van der Waals surface area contributed by atoms with Gasteiger partial charge in [0, 0.05) is 5.92 Å². The molecule has 1 aromatic carbocycles. The summed E-state index contributed by atoms with van der Waals surface area (Å²) in [5, 5.41) is 9.55. The van der Waals surface area contributed by atoms with E-state index in [2.05, 4.69) is 15.0 Å². The number of carbonyl (C=O) groups excluding carboxylic acids is 1. The molecule has 3 aromatic rings. The van der Waals surface area contributed by atoms with Crippen molar-refractivity contribution in [3.8, 4) is 0 Å². The minimum atomic E-state index is -1.07. The van der Waals surface area contributed by atoms with Crippen LogP contribution in [0.2, 0.25) is 0 Å². The molecular weight excluding hydrogens is 392 g/mol. The number of nitrogens with one attached hydrogen (secondary N) is 1. The molecule has 0 spiro atoms. The van der Waals surface area contributed by atoms with Crippen LogP contribution in [0.25, 0.3) is 11.2 Å². The van der Waals surface area contributed by atoms with Crippen molar-refractivity contribution in [1.82, 2.24) is 19.5 Å². The van der Waals surface area contributed by atoms with E-state index >= 15 is 0 Å². The van der Waals surface area contributed by atoms with E-state index in [4.69, 9.17) is 20.9 Å². The fourth-order valence-corrected chi connectivity index (χ4v) is 3.31. The summed E-state index contributed by atoms with van der Waals surface area (Å²) in [6, 6.07) is 9.53. The van der Waals surface area contributed by atoms with Gasteiger partial charge < -0.3 is 26.0 Å². The Kier molecular flexibility index (Phi) is 5.24. The number of nitrogens with two attached hydrogens (primary N) is 2. The fraction of sp³-hybridized carbons (Fsp3) is 0.368. The molecule has 0 saturated heterocycles. The van der Waals surface area contributed by atoms with Crippen LogP contribution in [0.3, 0.4) is 0 Å². The van der Waals surface area contributed by atoms with Gasteiger partial charge in [-0.3, -0.25) is 19.1 Å². The van der Waals surface area contributed by atoms with Crippen LogP contribution in [0.15, 0.2) is 41.5 Å². The van der Waals surface area contributed by atoms with Crippen molar-refractivity contribution in [2.75, 3.05) is 18.9 Å². The quantitative estimate of drug-likeness (QED) is 0.353. The van der Waals surface area contributed by atoms with Gasteiger partial charge in [-0.25, -0.2) is 4.98 Å². The van der Waals surface area contributed by atoms with E-state index in [1.165, 1.54) is 10.9 Å².